The number of allylic oxidation sites excluding steroid dienone is 5. The Morgan fingerprint density at radius 1 is 0.681 bits per heavy atom. The number of rotatable bonds is 4. The van der Waals surface area contributed by atoms with Crippen molar-refractivity contribution in [3.63, 3.8) is 0 Å². The van der Waals surface area contributed by atoms with Crippen LogP contribution in [0.1, 0.15) is 55.0 Å². The molecule has 7 rings (SSSR count). The van der Waals surface area contributed by atoms with Crippen molar-refractivity contribution in [2.75, 3.05) is 0 Å². The van der Waals surface area contributed by atoms with E-state index in [1.54, 1.807) is 31.2 Å². The zero-order valence-electron chi connectivity index (χ0n) is 25.9. The fourth-order valence-electron chi connectivity index (χ4n) is 5.84. The third-order valence-electron chi connectivity index (χ3n) is 8.15. The molecule has 1 heterocycles. The van der Waals surface area contributed by atoms with Gasteiger partial charge in [0, 0.05) is 12.4 Å². The molecule has 2 aliphatic carbocycles. The molecule has 8 heteroatoms. The van der Waals surface area contributed by atoms with Crippen molar-refractivity contribution < 1.29 is 28.2 Å². The largest absolute Gasteiger partial charge is 0.478 e. The van der Waals surface area contributed by atoms with Crippen molar-refractivity contribution >= 4 is 26.7 Å². The number of hydrogen-bond donors (Lipinski definition) is 3. The number of carbonyl (C=O) groups is 2. The number of fused-ring (bicyclic) bond motifs is 5. The van der Waals surface area contributed by atoms with Gasteiger partial charge in [-0.1, -0.05) is 78.9 Å². The van der Waals surface area contributed by atoms with Gasteiger partial charge in [-0.3, -0.25) is 0 Å². The highest BCUT2D eigenvalue weighted by Crippen LogP contribution is 2.42. The minimum Gasteiger partial charge on any atom is -0.478 e. The van der Waals surface area contributed by atoms with Gasteiger partial charge in [-0.15, -0.1) is 0 Å². The fraction of sp³-hybridized carbons (Fsp3) is 0.128. The lowest BCUT2D eigenvalue weighted by Gasteiger charge is -2.27. The van der Waals surface area contributed by atoms with E-state index in [9.17, 15) is 18.0 Å². The van der Waals surface area contributed by atoms with Gasteiger partial charge in [-0.25, -0.2) is 18.0 Å². The molecule has 0 unspecified atom stereocenters. The van der Waals surface area contributed by atoms with Gasteiger partial charge >= 0.3 is 11.9 Å². The first-order chi connectivity index (χ1) is 22.7. The monoisotopic (exact) mass is 645 g/mol. The Hall–Kier alpha value is -5.47. The molecule has 238 valence electrons. The number of sulfone groups is 1. The predicted molar refractivity (Wildman–Crippen MR) is 185 cm³/mol. The normalized spacial score (nSPS) is 13.9. The molecule has 0 amide bonds. The maximum absolute atomic E-state index is 13.2. The van der Waals surface area contributed by atoms with Gasteiger partial charge in [0.1, 0.15) is 0 Å². The minimum atomic E-state index is -3.50. The highest BCUT2D eigenvalue weighted by atomic mass is 32.2. The van der Waals surface area contributed by atoms with E-state index in [2.05, 4.69) is 35.6 Å². The Bertz CT molecular complexity index is 2030. The van der Waals surface area contributed by atoms with E-state index in [1.165, 1.54) is 39.9 Å². The van der Waals surface area contributed by atoms with Crippen molar-refractivity contribution in [1.29, 1.82) is 0 Å². The lowest BCUT2D eigenvalue weighted by molar-refractivity contribution is 0.0695. The second-order valence-electron chi connectivity index (χ2n) is 11.1. The maximum Gasteiger partial charge on any atom is 0.335 e. The second-order valence-corrected chi connectivity index (χ2v) is 13.0. The van der Waals surface area contributed by atoms with E-state index in [0.717, 1.165) is 37.3 Å². The van der Waals surface area contributed by atoms with Gasteiger partial charge in [0.15, 0.2) is 0 Å². The summed E-state index contributed by atoms with van der Waals surface area (Å²) in [4.78, 5) is 21.9. The average Bonchev–Trinajstić information content (AvgIpc) is 3.42. The molecule has 0 fully saturated rings. The van der Waals surface area contributed by atoms with E-state index < -0.39 is 21.8 Å². The minimum absolute atomic E-state index is 0.0111. The standard InChI is InChI=1S/C24H20O2S.C9H8O4.C6H7N/c25-27(26,18-8-2-1-3-9-18)24-12-6-11-20-22-14-13-17-7-4-5-10-19(17)21(22)15-16-23(20)24;1-5-2-3-6(8(10)11)4-7(5)9(12)13;1-2-4-6-7-5-3-1/h1-5,7-10,12,15-16H,6,11,13-14H2;2-4H,1H3,(H,10,11)(H,12,13);1-7H. The Morgan fingerprint density at radius 3 is 2.04 bits per heavy atom. The number of carboxylic acids is 2. The number of benzene rings is 4. The van der Waals surface area contributed by atoms with Crippen LogP contribution in [0.3, 0.4) is 0 Å². The number of aromatic carboxylic acids is 2. The van der Waals surface area contributed by atoms with Gasteiger partial charge in [-0.05, 0) is 108 Å². The van der Waals surface area contributed by atoms with E-state index in [4.69, 9.17) is 10.2 Å². The van der Waals surface area contributed by atoms with Gasteiger partial charge in [0.05, 0.1) is 20.9 Å². The smallest absolute Gasteiger partial charge is 0.335 e. The molecule has 4 aromatic rings. The molecule has 1 aliphatic heterocycles. The summed E-state index contributed by atoms with van der Waals surface area (Å²) in [6.07, 6.45) is 17.2. The van der Waals surface area contributed by atoms with Crippen molar-refractivity contribution in [2.45, 2.75) is 37.5 Å². The third-order valence-corrected chi connectivity index (χ3v) is 10.0. The molecule has 0 bridgehead atoms. The molecule has 0 saturated heterocycles. The van der Waals surface area contributed by atoms with Crippen LogP contribution in [-0.2, 0) is 29.1 Å². The zero-order chi connectivity index (χ0) is 33.4. The van der Waals surface area contributed by atoms with Crippen LogP contribution in [0.15, 0.2) is 133 Å². The maximum atomic E-state index is 13.2. The van der Waals surface area contributed by atoms with Crippen LogP contribution in [0.25, 0.3) is 16.0 Å². The number of aryl methyl sites for hydroxylation is 2. The summed E-state index contributed by atoms with van der Waals surface area (Å²) < 4.78 is 26.5. The molecule has 3 N–H and O–H groups in total. The van der Waals surface area contributed by atoms with Crippen LogP contribution in [0, 0.1) is 6.92 Å². The quantitative estimate of drug-likeness (QED) is 0.207. The topological polar surface area (TPSA) is 121 Å². The molecule has 0 aromatic heterocycles. The molecule has 0 radical (unpaired) electrons. The first-order valence-electron chi connectivity index (χ1n) is 15.2. The Balaban J connectivity index is 0.000000179. The van der Waals surface area contributed by atoms with Crippen molar-refractivity contribution in [2.24, 2.45) is 0 Å². The molecule has 3 aliphatic rings. The molecular weight excluding hydrogens is 610 g/mol. The Labute approximate surface area is 274 Å². The highest BCUT2D eigenvalue weighted by molar-refractivity contribution is 8.00. The average molecular weight is 646 g/mol. The summed E-state index contributed by atoms with van der Waals surface area (Å²) in [5, 5.41) is 20.2. The number of carboxylic acid groups (broad SMARTS) is 2. The molecule has 0 atom stereocenters. The molecule has 0 saturated carbocycles. The first kappa shape index (κ1) is 32.9. The van der Waals surface area contributed by atoms with E-state index in [1.807, 2.05) is 54.9 Å². The zero-order valence-corrected chi connectivity index (χ0v) is 26.7. The third kappa shape index (κ3) is 7.51. The Kier molecular flexibility index (Phi) is 10.3. The van der Waals surface area contributed by atoms with E-state index in [-0.39, 0.29) is 11.1 Å². The lowest BCUT2D eigenvalue weighted by atomic mass is 9.79. The molecule has 7 nitrogen and oxygen atoms in total. The summed E-state index contributed by atoms with van der Waals surface area (Å²) in [7, 11) is -3.50. The molecular formula is C39H35NO6S. The SMILES string of the molecule is C1=CC=CNC=C1.Cc1ccc(C(=O)O)cc1C(=O)O.O=S(=O)(C1=CCCc2c1ccc1c2CCc2ccccc2-1)c1ccccc1. The molecule has 47 heavy (non-hydrogen) atoms. The van der Waals surface area contributed by atoms with Crippen LogP contribution in [-0.4, -0.2) is 30.6 Å². The van der Waals surface area contributed by atoms with Crippen molar-refractivity contribution in [1.82, 2.24) is 5.32 Å². The fourth-order valence-corrected chi connectivity index (χ4v) is 7.43. The van der Waals surface area contributed by atoms with Crippen LogP contribution in [0.2, 0.25) is 0 Å². The van der Waals surface area contributed by atoms with Gasteiger partial charge in [0.25, 0.3) is 0 Å². The van der Waals surface area contributed by atoms with Gasteiger partial charge < -0.3 is 15.5 Å². The first-order valence-corrected chi connectivity index (χ1v) is 16.7. The number of hydrogen-bond acceptors (Lipinski definition) is 5. The summed E-state index contributed by atoms with van der Waals surface area (Å²) in [6, 6.07) is 25.5. The van der Waals surface area contributed by atoms with Gasteiger partial charge in [0.2, 0.25) is 9.84 Å². The molecule has 4 aromatic carbocycles. The van der Waals surface area contributed by atoms with Crippen molar-refractivity contribution in [3.8, 4) is 11.1 Å². The number of nitrogens with one attached hydrogen (secondary N) is 1. The lowest BCUT2D eigenvalue weighted by Crippen LogP contribution is -2.14. The molecule has 0 spiro atoms. The predicted octanol–water partition coefficient (Wildman–Crippen LogP) is 7.78. The second kappa shape index (κ2) is 14.7. The van der Waals surface area contributed by atoms with Gasteiger partial charge in [-0.2, -0.15) is 0 Å². The van der Waals surface area contributed by atoms with Crippen LogP contribution in [0.4, 0.5) is 0 Å². The van der Waals surface area contributed by atoms with Crippen LogP contribution in [0.5, 0.6) is 0 Å². The summed E-state index contributed by atoms with van der Waals surface area (Å²) in [5.74, 6) is -2.23. The van der Waals surface area contributed by atoms with Crippen LogP contribution < -0.4 is 5.32 Å². The van der Waals surface area contributed by atoms with Crippen molar-refractivity contribution in [3.05, 3.63) is 167 Å². The van der Waals surface area contributed by atoms with E-state index >= 15 is 0 Å². The van der Waals surface area contributed by atoms with E-state index in [0.29, 0.717) is 15.4 Å². The Morgan fingerprint density at radius 2 is 1.34 bits per heavy atom. The highest BCUT2D eigenvalue weighted by Gasteiger charge is 2.29. The summed E-state index contributed by atoms with van der Waals surface area (Å²) in [5.41, 5.74) is 7.97. The summed E-state index contributed by atoms with van der Waals surface area (Å²) in [6.45, 7) is 1.62. The summed E-state index contributed by atoms with van der Waals surface area (Å²) >= 11 is 0. The van der Waals surface area contributed by atoms with Crippen LogP contribution >= 0.6 is 0 Å².